The summed E-state index contributed by atoms with van der Waals surface area (Å²) in [5.41, 5.74) is 13.5. The van der Waals surface area contributed by atoms with Crippen molar-refractivity contribution >= 4 is 40.3 Å². The van der Waals surface area contributed by atoms with Crippen molar-refractivity contribution in [1.82, 2.24) is 9.97 Å². The van der Waals surface area contributed by atoms with Gasteiger partial charge in [-0.25, -0.2) is 9.78 Å². The maximum atomic E-state index is 11.9. The summed E-state index contributed by atoms with van der Waals surface area (Å²) in [6.45, 7) is 0. The first kappa shape index (κ1) is 15.3. The van der Waals surface area contributed by atoms with Gasteiger partial charge in [0.15, 0.2) is 0 Å². The highest BCUT2D eigenvalue weighted by molar-refractivity contribution is 6.24. The molecular weight excluding hydrogens is 306 g/mol. The van der Waals surface area contributed by atoms with Gasteiger partial charge in [0.25, 0.3) is 0 Å². The second kappa shape index (κ2) is 6.25. The molecule has 0 aliphatic carbocycles. The Balaban J connectivity index is 2.18. The maximum absolute atomic E-state index is 11.9. The standard InChI is InChI=1S/C17H15N5O2/c18-15(23)12(10-4-2-1-3-5-10)8-11-9-21-16-14(11)13(6-7-20-16)22-17(19)24/h1-9H,(H2,18,23)(H4,19,20,21,22,24)/b12-8+. The maximum Gasteiger partial charge on any atom is 0.316 e. The number of carbonyl (C=O) groups excluding carboxylic acids is 2. The normalized spacial score (nSPS) is 11.4. The van der Waals surface area contributed by atoms with Crippen LogP contribution in [0.25, 0.3) is 22.7 Å². The number of pyridine rings is 1. The number of primary amides is 2. The summed E-state index contributed by atoms with van der Waals surface area (Å²) in [7, 11) is 0. The third-order valence-corrected chi connectivity index (χ3v) is 3.51. The van der Waals surface area contributed by atoms with Crippen molar-refractivity contribution in [3.63, 3.8) is 0 Å². The molecule has 0 atom stereocenters. The lowest BCUT2D eigenvalue weighted by molar-refractivity contribution is -0.112. The van der Waals surface area contributed by atoms with Gasteiger partial charge in [0, 0.05) is 28.9 Å². The van der Waals surface area contributed by atoms with Crippen LogP contribution in [-0.4, -0.2) is 21.9 Å². The molecular formula is C17H15N5O2. The number of benzene rings is 1. The molecule has 0 spiro atoms. The molecule has 7 nitrogen and oxygen atoms in total. The molecule has 0 radical (unpaired) electrons. The van der Waals surface area contributed by atoms with Crippen LogP contribution in [0, 0.1) is 0 Å². The average molecular weight is 321 g/mol. The van der Waals surface area contributed by atoms with Crippen LogP contribution in [0.2, 0.25) is 0 Å². The van der Waals surface area contributed by atoms with Crippen LogP contribution in [0.5, 0.6) is 0 Å². The Hall–Kier alpha value is -3.61. The molecule has 0 saturated carbocycles. The van der Waals surface area contributed by atoms with E-state index in [4.69, 9.17) is 11.5 Å². The van der Waals surface area contributed by atoms with Crippen molar-refractivity contribution in [2.45, 2.75) is 0 Å². The zero-order chi connectivity index (χ0) is 17.1. The highest BCUT2D eigenvalue weighted by Gasteiger charge is 2.13. The second-order valence-corrected chi connectivity index (χ2v) is 5.10. The van der Waals surface area contributed by atoms with E-state index in [0.717, 1.165) is 0 Å². The Kier molecular flexibility index (Phi) is 3.98. The van der Waals surface area contributed by atoms with Gasteiger partial charge in [-0.3, -0.25) is 4.79 Å². The molecule has 3 aromatic rings. The smallest absolute Gasteiger partial charge is 0.316 e. The van der Waals surface area contributed by atoms with Crippen LogP contribution < -0.4 is 16.8 Å². The topological polar surface area (TPSA) is 127 Å². The van der Waals surface area contributed by atoms with Gasteiger partial charge in [-0.05, 0) is 17.7 Å². The van der Waals surface area contributed by atoms with Crippen molar-refractivity contribution in [2.24, 2.45) is 11.5 Å². The molecule has 3 amide bonds. The van der Waals surface area contributed by atoms with E-state index in [9.17, 15) is 9.59 Å². The van der Waals surface area contributed by atoms with E-state index in [1.54, 1.807) is 36.7 Å². The van der Waals surface area contributed by atoms with Crippen LogP contribution >= 0.6 is 0 Å². The molecule has 2 aromatic heterocycles. The lowest BCUT2D eigenvalue weighted by Crippen LogP contribution is -2.19. The number of aromatic amines is 1. The van der Waals surface area contributed by atoms with Crippen LogP contribution in [0.4, 0.5) is 10.5 Å². The fraction of sp³-hybridized carbons (Fsp3) is 0. The molecule has 0 aliphatic rings. The van der Waals surface area contributed by atoms with E-state index in [2.05, 4.69) is 15.3 Å². The largest absolute Gasteiger partial charge is 0.366 e. The Morgan fingerprint density at radius 1 is 1.12 bits per heavy atom. The Morgan fingerprint density at radius 2 is 1.88 bits per heavy atom. The van der Waals surface area contributed by atoms with Crippen molar-refractivity contribution < 1.29 is 9.59 Å². The summed E-state index contributed by atoms with van der Waals surface area (Å²) in [4.78, 5) is 30.3. The van der Waals surface area contributed by atoms with E-state index >= 15 is 0 Å². The van der Waals surface area contributed by atoms with Gasteiger partial charge in [0.2, 0.25) is 5.91 Å². The van der Waals surface area contributed by atoms with Crippen LogP contribution in [0.3, 0.4) is 0 Å². The lowest BCUT2D eigenvalue weighted by Gasteiger charge is -2.06. The lowest BCUT2D eigenvalue weighted by atomic mass is 10.0. The van der Waals surface area contributed by atoms with E-state index in [1.165, 1.54) is 0 Å². The molecule has 2 heterocycles. The van der Waals surface area contributed by atoms with Crippen molar-refractivity contribution in [2.75, 3.05) is 5.32 Å². The minimum atomic E-state index is -0.684. The molecule has 0 bridgehead atoms. The second-order valence-electron chi connectivity index (χ2n) is 5.10. The fourth-order valence-corrected chi connectivity index (χ4v) is 2.50. The molecule has 7 heteroatoms. The summed E-state index contributed by atoms with van der Waals surface area (Å²) >= 11 is 0. The van der Waals surface area contributed by atoms with Crippen LogP contribution in [-0.2, 0) is 4.79 Å². The average Bonchev–Trinajstić information content (AvgIpc) is 2.97. The number of aromatic nitrogens is 2. The summed E-state index contributed by atoms with van der Waals surface area (Å²) in [6, 6.07) is 10.0. The predicted molar refractivity (Wildman–Crippen MR) is 92.8 cm³/mol. The fourth-order valence-electron chi connectivity index (χ4n) is 2.50. The Bertz CT molecular complexity index is 944. The monoisotopic (exact) mass is 321 g/mol. The molecule has 6 N–H and O–H groups in total. The number of anilines is 1. The summed E-state index contributed by atoms with van der Waals surface area (Å²) < 4.78 is 0. The molecule has 0 aliphatic heterocycles. The van der Waals surface area contributed by atoms with E-state index in [-0.39, 0.29) is 0 Å². The molecule has 3 rings (SSSR count). The number of nitrogens with one attached hydrogen (secondary N) is 2. The first-order chi connectivity index (χ1) is 11.6. The zero-order valence-electron chi connectivity index (χ0n) is 12.6. The molecule has 0 unspecified atom stereocenters. The number of amides is 3. The van der Waals surface area contributed by atoms with Gasteiger partial charge in [0.05, 0.1) is 5.69 Å². The minimum absolute atomic E-state index is 0.352. The SMILES string of the molecule is NC(=O)Nc1ccnc2[nH]cc(/C=C(/C(N)=O)c3ccccc3)c12. The first-order valence-electron chi connectivity index (χ1n) is 7.15. The number of H-pyrrole nitrogens is 1. The van der Waals surface area contributed by atoms with Gasteiger partial charge >= 0.3 is 6.03 Å². The number of rotatable bonds is 4. The van der Waals surface area contributed by atoms with Crippen LogP contribution in [0.1, 0.15) is 11.1 Å². The van der Waals surface area contributed by atoms with Crippen molar-refractivity contribution in [3.8, 4) is 0 Å². The van der Waals surface area contributed by atoms with Gasteiger partial charge in [-0.15, -0.1) is 0 Å². The quantitative estimate of drug-likeness (QED) is 0.549. The van der Waals surface area contributed by atoms with E-state index in [0.29, 0.717) is 33.4 Å². The van der Waals surface area contributed by atoms with Gasteiger partial charge in [0.1, 0.15) is 5.65 Å². The van der Waals surface area contributed by atoms with Gasteiger partial charge in [-0.2, -0.15) is 0 Å². The third-order valence-electron chi connectivity index (χ3n) is 3.51. The number of nitrogens with two attached hydrogens (primary N) is 2. The highest BCUT2D eigenvalue weighted by atomic mass is 16.2. The van der Waals surface area contributed by atoms with Gasteiger partial charge in [-0.1, -0.05) is 30.3 Å². The number of fused-ring (bicyclic) bond motifs is 1. The minimum Gasteiger partial charge on any atom is -0.366 e. The van der Waals surface area contributed by atoms with E-state index in [1.807, 2.05) is 18.2 Å². The molecule has 0 fully saturated rings. The number of hydrogen-bond donors (Lipinski definition) is 4. The molecule has 1 aromatic carbocycles. The molecule has 24 heavy (non-hydrogen) atoms. The number of carbonyl (C=O) groups is 2. The molecule has 120 valence electrons. The number of nitrogens with zero attached hydrogens (tertiary/aromatic N) is 1. The summed E-state index contributed by atoms with van der Waals surface area (Å²) in [5.74, 6) is -0.552. The summed E-state index contributed by atoms with van der Waals surface area (Å²) in [5, 5.41) is 3.19. The van der Waals surface area contributed by atoms with Crippen molar-refractivity contribution in [3.05, 3.63) is 59.9 Å². The van der Waals surface area contributed by atoms with Crippen LogP contribution in [0.15, 0.2) is 48.8 Å². The highest BCUT2D eigenvalue weighted by Crippen LogP contribution is 2.28. The zero-order valence-corrected chi connectivity index (χ0v) is 12.6. The number of urea groups is 1. The van der Waals surface area contributed by atoms with Crippen molar-refractivity contribution in [1.29, 1.82) is 0 Å². The summed E-state index contributed by atoms with van der Waals surface area (Å²) in [6.07, 6.45) is 4.89. The first-order valence-corrected chi connectivity index (χ1v) is 7.15. The number of hydrogen-bond acceptors (Lipinski definition) is 3. The van der Waals surface area contributed by atoms with Gasteiger partial charge < -0.3 is 21.8 Å². The Morgan fingerprint density at radius 3 is 2.54 bits per heavy atom. The van der Waals surface area contributed by atoms with E-state index < -0.39 is 11.9 Å². The molecule has 0 saturated heterocycles. The Labute approximate surface area is 137 Å². The predicted octanol–water partition coefficient (Wildman–Crippen LogP) is 2.08. The third kappa shape index (κ3) is 2.95.